The van der Waals surface area contributed by atoms with Crippen LogP contribution in [-0.2, 0) is 4.79 Å². The maximum Gasteiger partial charge on any atom is 0.227 e. The molecule has 1 heterocycles. The van der Waals surface area contributed by atoms with Gasteiger partial charge in [0.1, 0.15) is 5.75 Å². The van der Waals surface area contributed by atoms with Crippen LogP contribution in [0.5, 0.6) is 5.75 Å². The Hall–Kier alpha value is -3.11. The van der Waals surface area contributed by atoms with Crippen LogP contribution in [0, 0.1) is 5.92 Å². The molecule has 1 aliphatic heterocycles. The summed E-state index contributed by atoms with van der Waals surface area (Å²) in [6.45, 7) is 1.83. The summed E-state index contributed by atoms with van der Waals surface area (Å²) in [5.41, 5.74) is 6.20. The van der Waals surface area contributed by atoms with Crippen molar-refractivity contribution < 1.29 is 9.53 Å². The van der Waals surface area contributed by atoms with Gasteiger partial charge in [-0.1, -0.05) is 60.7 Å². The predicted molar refractivity (Wildman–Crippen MR) is 120 cm³/mol. The van der Waals surface area contributed by atoms with Crippen molar-refractivity contribution in [3.63, 3.8) is 0 Å². The van der Waals surface area contributed by atoms with Gasteiger partial charge < -0.3 is 10.1 Å². The van der Waals surface area contributed by atoms with Crippen molar-refractivity contribution in [1.82, 2.24) is 4.90 Å². The molecule has 3 aromatic carbocycles. The lowest BCUT2D eigenvalue weighted by Crippen LogP contribution is -2.40. The van der Waals surface area contributed by atoms with E-state index in [0.717, 1.165) is 31.6 Å². The quantitative estimate of drug-likeness (QED) is 0.664. The zero-order valence-corrected chi connectivity index (χ0v) is 17.2. The van der Waals surface area contributed by atoms with Crippen LogP contribution in [-0.4, -0.2) is 31.0 Å². The fourth-order valence-corrected chi connectivity index (χ4v) is 4.92. The van der Waals surface area contributed by atoms with E-state index in [2.05, 4.69) is 58.7 Å². The third kappa shape index (κ3) is 3.27. The van der Waals surface area contributed by atoms with E-state index < -0.39 is 0 Å². The number of carbonyl (C=O) groups excluding carboxylic acids is 1. The first kappa shape index (κ1) is 18.9. The number of benzene rings is 3. The Morgan fingerprint density at radius 1 is 0.867 bits per heavy atom. The lowest BCUT2D eigenvalue weighted by Gasteiger charge is -2.36. The number of piperidine rings is 1. The van der Waals surface area contributed by atoms with Gasteiger partial charge >= 0.3 is 0 Å². The number of amides is 1. The molecule has 0 atom stereocenters. The summed E-state index contributed by atoms with van der Waals surface area (Å²) in [5.74, 6) is 0.812. The smallest absolute Gasteiger partial charge is 0.227 e. The number of fused-ring (bicyclic) bond motifs is 3. The Bertz CT molecular complexity index is 1020. The van der Waals surface area contributed by atoms with Crippen LogP contribution in [0.4, 0.5) is 5.69 Å². The van der Waals surface area contributed by atoms with Gasteiger partial charge in [-0.25, -0.2) is 0 Å². The number of likely N-dealkylation sites (tertiary alicyclic amines) is 1. The molecular weight excluding hydrogens is 372 g/mol. The van der Waals surface area contributed by atoms with E-state index in [9.17, 15) is 4.79 Å². The van der Waals surface area contributed by atoms with E-state index in [0.29, 0.717) is 5.75 Å². The molecule has 0 spiro atoms. The van der Waals surface area contributed by atoms with Crippen LogP contribution in [0.15, 0.2) is 72.8 Å². The third-order valence-corrected chi connectivity index (χ3v) is 6.43. The summed E-state index contributed by atoms with van der Waals surface area (Å²) in [4.78, 5) is 15.4. The summed E-state index contributed by atoms with van der Waals surface area (Å²) >= 11 is 0. The highest BCUT2D eigenvalue weighted by atomic mass is 16.5. The molecule has 3 aromatic rings. The molecule has 2 aliphatic rings. The van der Waals surface area contributed by atoms with E-state index in [4.69, 9.17) is 4.74 Å². The number of para-hydroxylation sites is 2. The zero-order chi connectivity index (χ0) is 20.5. The molecule has 1 aliphatic carbocycles. The molecule has 0 saturated carbocycles. The summed E-state index contributed by atoms with van der Waals surface area (Å²) in [6, 6.07) is 25.3. The van der Waals surface area contributed by atoms with Crippen LogP contribution < -0.4 is 10.1 Å². The van der Waals surface area contributed by atoms with Gasteiger partial charge in [-0.3, -0.25) is 9.69 Å². The van der Waals surface area contributed by atoms with Crippen molar-refractivity contribution in [2.24, 2.45) is 5.92 Å². The lowest BCUT2D eigenvalue weighted by atomic mass is 9.92. The Kier molecular flexibility index (Phi) is 5.01. The van der Waals surface area contributed by atoms with Gasteiger partial charge in [0.25, 0.3) is 0 Å². The minimum atomic E-state index is 0.0260. The number of methoxy groups -OCH3 is 1. The Morgan fingerprint density at radius 2 is 1.43 bits per heavy atom. The van der Waals surface area contributed by atoms with Gasteiger partial charge in [0.2, 0.25) is 5.91 Å². The van der Waals surface area contributed by atoms with Crippen LogP contribution in [0.3, 0.4) is 0 Å². The first-order valence-electron chi connectivity index (χ1n) is 10.6. The molecule has 1 N–H and O–H groups in total. The number of rotatable bonds is 4. The molecule has 1 fully saturated rings. The topological polar surface area (TPSA) is 41.6 Å². The minimum absolute atomic E-state index is 0.0260. The van der Waals surface area contributed by atoms with Crippen LogP contribution in [0.1, 0.15) is 30.0 Å². The molecule has 0 aromatic heterocycles. The predicted octanol–water partition coefficient (Wildman–Crippen LogP) is 5.12. The first-order valence-corrected chi connectivity index (χ1v) is 10.6. The molecule has 152 valence electrons. The van der Waals surface area contributed by atoms with Gasteiger partial charge in [-0.05, 0) is 60.3 Å². The fraction of sp³-hybridized carbons (Fsp3) is 0.269. The van der Waals surface area contributed by atoms with Crippen molar-refractivity contribution in [3.8, 4) is 16.9 Å². The molecule has 4 heteroatoms. The monoisotopic (exact) mass is 398 g/mol. The molecule has 0 unspecified atom stereocenters. The normalized spacial score (nSPS) is 16.7. The van der Waals surface area contributed by atoms with Crippen molar-refractivity contribution >= 4 is 11.6 Å². The van der Waals surface area contributed by atoms with Crippen LogP contribution >= 0.6 is 0 Å². The van der Waals surface area contributed by atoms with Crippen molar-refractivity contribution in [2.45, 2.75) is 18.9 Å². The Balaban J connectivity index is 1.30. The van der Waals surface area contributed by atoms with Crippen LogP contribution in [0.25, 0.3) is 11.1 Å². The van der Waals surface area contributed by atoms with Gasteiger partial charge in [0.15, 0.2) is 0 Å². The number of ether oxygens (including phenoxy) is 1. The second-order valence-corrected chi connectivity index (χ2v) is 8.08. The minimum Gasteiger partial charge on any atom is -0.495 e. The van der Waals surface area contributed by atoms with Crippen LogP contribution in [0.2, 0.25) is 0 Å². The average molecular weight is 399 g/mol. The largest absolute Gasteiger partial charge is 0.495 e. The summed E-state index contributed by atoms with van der Waals surface area (Å²) < 4.78 is 5.36. The standard InChI is InChI=1S/C26H26N2O2/c1-30-24-13-7-6-12-23(24)27-26(29)18-14-16-28(17-15-18)25-21-10-4-2-8-19(21)20-9-3-5-11-22(20)25/h2-13,18,25H,14-17H2,1H3,(H,27,29). The van der Waals surface area contributed by atoms with Gasteiger partial charge in [0, 0.05) is 5.92 Å². The number of hydrogen-bond acceptors (Lipinski definition) is 3. The number of carbonyl (C=O) groups is 1. The maximum absolute atomic E-state index is 12.9. The van der Waals surface area contributed by atoms with E-state index >= 15 is 0 Å². The Labute approximate surface area is 177 Å². The molecule has 1 amide bonds. The molecule has 0 bridgehead atoms. The first-order chi connectivity index (χ1) is 14.8. The highest BCUT2D eigenvalue weighted by Crippen LogP contribution is 2.47. The molecule has 30 heavy (non-hydrogen) atoms. The summed E-state index contributed by atoms with van der Waals surface area (Å²) in [5, 5.41) is 3.06. The highest BCUT2D eigenvalue weighted by molar-refractivity contribution is 5.94. The van der Waals surface area contributed by atoms with Crippen molar-refractivity contribution in [3.05, 3.63) is 83.9 Å². The molecular formula is C26H26N2O2. The van der Waals surface area contributed by atoms with E-state index in [1.807, 2.05) is 24.3 Å². The van der Waals surface area contributed by atoms with E-state index in [-0.39, 0.29) is 17.9 Å². The van der Waals surface area contributed by atoms with E-state index in [1.165, 1.54) is 22.3 Å². The van der Waals surface area contributed by atoms with Gasteiger partial charge in [-0.15, -0.1) is 0 Å². The molecule has 4 nitrogen and oxygen atoms in total. The summed E-state index contributed by atoms with van der Waals surface area (Å²) in [6.07, 6.45) is 1.73. The molecule has 1 saturated heterocycles. The van der Waals surface area contributed by atoms with E-state index in [1.54, 1.807) is 7.11 Å². The van der Waals surface area contributed by atoms with Gasteiger partial charge in [0.05, 0.1) is 18.8 Å². The fourth-order valence-electron chi connectivity index (χ4n) is 4.92. The van der Waals surface area contributed by atoms with Gasteiger partial charge in [-0.2, -0.15) is 0 Å². The molecule has 5 rings (SSSR count). The maximum atomic E-state index is 12.9. The second kappa shape index (κ2) is 7.96. The Morgan fingerprint density at radius 3 is 2.07 bits per heavy atom. The number of nitrogens with one attached hydrogen (secondary N) is 1. The average Bonchev–Trinajstić information content (AvgIpc) is 3.14. The SMILES string of the molecule is COc1ccccc1NC(=O)C1CCN(C2c3ccccc3-c3ccccc32)CC1. The van der Waals surface area contributed by atoms with Crippen molar-refractivity contribution in [2.75, 3.05) is 25.5 Å². The lowest BCUT2D eigenvalue weighted by molar-refractivity contribution is -0.121. The zero-order valence-electron chi connectivity index (χ0n) is 17.2. The van der Waals surface area contributed by atoms with Crippen molar-refractivity contribution in [1.29, 1.82) is 0 Å². The second-order valence-electron chi connectivity index (χ2n) is 8.08. The number of hydrogen-bond donors (Lipinski definition) is 1. The highest BCUT2D eigenvalue weighted by Gasteiger charge is 2.35. The summed E-state index contributed by atoms with van der Waals surface area (Å²) in [7, 11) is 1.63. The number of anilines is 1. The molecule has 0 radical (unpaired) electrons. The third-order valence-electron chi connectivity index (χ3n) is 6.43. The number of nitrogens with zero attached hydrogens (tertiary/aromatic N) is 1.